The smallest absolute Gasteiger partial charge is 0.325 e. The van der Waals surface area contributed by atoms with Gasteiger partial charge in [-0.05, 0) is 30.3 Å². The van der Waals surface area contributed by atoms with Crippen molar-refractivity contribution in [2.75, 3.05) is 13.7 Å². The highest BCUT2D eigenvalue weighted by Gasteiger charge is 2.13. The summed E-state index contributed by atoms with van der Waals surface area (Å²) in [4.78, 5) is 28.1. The molecule has 0 radical (unpaired) electrons. The van der Waals surface area contributed by atoms with Gasteiger partial charge in [0, 0.05) is 15.6 Å². The van der Waals surface area contributed by atoms with Crippen LogP contribution in [-0.4, -0.2) is 35.7 Å². The average molecular weight is 446 g/mol. The Bertz CT molecular complexity index is 989. The van der Waals surface area contributed by atoms with Crippen molar-refractivity contribution in [2.45, 2.75) is 6.61 Å². The normalized spacial score (nSPS) is 10.4. The first-order chi connectivity index (χ1) is 13.5. The van der Waals surface area contributed by atoms with E-state index in [1.54, 1.807) is 24.3 Å². The molecule has 0 atom stereocenters. The first-order valence-corrected chi connectivity index (χ1v) is 9.01. The van der Waals surface area contributed by atoms with Gasteiger partial charge in [0.25, 0.3) is 11.8 Å². The number of rotatable bonds is 7. The van der Waals surface area contributed by atoms with Crippen LogP contribution in [0, 0.1) is 0 Å². The third kappa shape index (κ3) is 5.17. The molecule has 1 N–H and O–H groups in total. The maximum atomic E-state index is 12.1. The number of nitrogens with zero attached hydrogens (tertiary/aromatic N) is 2. The topological polar surface area (TPSA) is 104 Å². The van der Waals surface area contributed by atoms with Crippen molar-refractivity contribution < 1.29 is 23.6 Å². The van der Waals surface area contributed by atoms with Gasteiger partial charge in [-0.3, -0.25) is 9.59 Å². The Morgan fingerprint density at radius 3 is 2.79 bits per heavy atom. The van der Waals surface area contributed by atoms with Gasteiger partial charge >= 0.3 is 5.97 Å². The lowest BCUT2D eigenvalue weighted by Crippen LogP contribution is -2.30. The number of amides is 1. The van der Waals surface area contributed by atoms with E-state index >= 15 is 0 Å². The largest absolute Gasteiger partial charge is 0.497 e. The van der Waals surface area contributed by atoms with Gasteiger partial charge in [0.05, 0.1) is 7.11 Å². The molecule has 0 fully saturated rings. The molecule has 0 aliphatic heterocycles. The molecule has 0 spiro atoms. The maximum absolute atomic E-state index is 12.1. The fourth-order valence-electron chi connectivity index (χ4n) is 2.27. The zero-order valence-corrected chi connectivity index (χ0v) is 16.4. The number of esters is 1. The molecule has 0 saturated heterocycles. The summed E-state index contributed by atoms with van der Waals surface area (Å²) >= 11 is 3.37. The number of ether oxygens (including phenoxy) is 2. The van der Waals surface area contributed by atoms with Gasteiger partial charge in [-0.15, -0.1) is 0 Å². The molecule has 0 aliphatic carbocycles. The van der Waals surface area contributed by atoms with E-state index in [1.165, 1.54) is 7.11 Å². The average Bonchev–Trinajstić information content (AvgIpc) is 3.19. The number of hydrogen-bond donors (Lipinski definition) is 1. The van der Waals surface area contributed by atoms with Crippen molar-refractivity contribution in [3.63, 3.8) is 0 Å². The second-order valence-electron chi connectivity index (χ2n) is 5.60. The van der Waals surface area contributed by atoms with E-state index in [0.29, 0.717) is 17.1 Å². The van der Waals surface area contributed by atoms with E-state index in [-0.39, 0.29) is 19.0 Å². The number of halogens is 1. The van der Waals surface area contributed by atoms with Gasteiger partial charge in [0.15, 0.2) is 6.61 Å². The summed E-state index contributed by atoms with van der Waals surface area (Å²) in [6, 6.07) is 14.0. The summed E-state index contributed by atoms with van der Waals surface area (Å²) in [5.74, 6) is 0.0537. The fourth-order valence-corrected chi connectivity index (χ4v) is 2.67. The SMILES string of the molecule is COc1cccc(C(=O)NCC(=O)OCc2nc(-c3cccc(Br)c3)no2)c1. The number of carbonyl (C=O) groups excluding carboxylic acids is 2. The highest BCUT2D eigenvalue weighted by Crippen LogP contribution is 2.20. The molecular formula is C19H16BrN3O5. The van der Waals surface area contributed by atoms with Crippen LogP contribution in [-0.2, 0) is 16.1 Å². The molecule has 0 unspecified atom stereocenters. The summed E-state index contributed by atoms with van der Waals surface area (Å²) in [5.41, 5.74) is 1.14. The molecule has 1 amide bonds. The second-order valence-corrected chi connectivity index (χ2v) is 6.51. The van der Waals surface area contributed by atoms with Gasteiger partial charge < -0.3 is 19.3 Å². The molecule has 8 nitrogen and oxygen atoms in total. The number of carbonyl (C=O) groups is 2. The first kappa shape index (κ1) is 19.6. The highest BCUT2D eigenvalue weighted by molar-refractivity contribution is 9.10. The van der Waals surface area contributed by atoms with Gasteiger partial charge in [-0.2, -0.15) is 4.98 Å². The molecule has 9 heteroatoms. The summed E-state index contributed by atoms with van der Waals surface area (Å²) in [5, 5.41) is 6.34. The molecule has 2 aromatic carbocycles. The van der Waals surface area contributed by atoms with Crippen molar-refractivity contribution >= 4 is 27.8 Å². The molecule has 0 aliphatic rings. The molecule has 3 aromatic rings. The Morgan fingerprint density at radius 2 is 2.00 bits per heavy atom. The zero-order valence-electron chi connectivity index (χ0n) is 14.8. The van der Waals surface area contributed by atoms with E-state index in [9.17, 15) is 9.59 Å². The van der Waals surface area contributed by atoms with E-state index in [2.05, 4.69) is 31.4 Å². The van der Waals surface area contributed by atoms with Crippen molar-refractivity contribution in [2.24, 2.45) is 0 Å². The van der Waals surface area contributed by atoms with Crippen molar-refractivity contribution in [3.05, 3.63) is 64.5 Å². The second kappa shape index (κ2) is 9.14. The molecule has 3 rings (SSSR count). The van der Waals surface area contributed by atoms with Crippen LogP contribution in [0.4, 0.5) is 0 Å². The van der Waals surface area contributed by atoms with Crippen molar-refractivity contribution in [1.82, 2.24) is 15.5 Å². The summed E-state index contributed by atoms with van der Waals surface area (Å²) in [6.45, 7) is -0.475. The predicted molar refractivity (Wildman–Crippen MR) is 103 cm³/mol. The number of aromatic nitrogens is 2. The predicted octanol–water partition coefficient (Wildman–Crippen LogP) is 2.98. The van der Waals surface area contributed by atoms with Gasteiger partial charge in [0.1, 0.15) is 12.3 Å². The van der Waals surface area contributed by atoms with Gasteiger partial charge in [-0.1, -0.05) is 39.3 Å². The van der Waals surface area contributed by atoms with E-state index < -0.39 is 11.9 Å². The Hall–Kier alpha value is -3.20. The summed E-state index contributed by atoms with van der Waals surface area (Å²) in [7, 11) is 1.51. The van der Waals surface area contributed by atoms with Crippen LogP contribution in [0.3, 0.4) is 0 Å². The zero-order chi connectivity index (χ0) is 19.9. The number of hydrogen-bond acceptors (Lipinski definition) is 7. The highest BCUT2D eigenvalue weighted by atomic mass is 79.9. The van der Waals surface area contributed by atoms with Crippen LogP contribution in [0.1, 0.15) is 16.2 Å². The minimum absolute atomic E-state index is 0.155. The quantitative estimate of drug-likeness (QED) is 0.557. The first-order valence-electron chi connectivity index (χ1n) is 8.21. The Morgan fingerprint density at radius 1 is 1.18 bits per heavy atom. The van der Waals surface area contributed by atoms with E-state index in [4.69, 9.17) is 14.0 Å². The fraction of sp³-hybridized carbons (Fsp3) is 0.158. The Balaban J connectivity index is 1.49. The van der Waals surface area contributed by atoms with Crippen LogP contribution in [0.15, 0.2) is 57.5 Å². The van der Waals surface area contributed by atoms with Crippen LogP contribution in [0.5, 0.6) is 5.75 Å². The lowest BCUT2D eigenvalue weighted by Gasteiger charge is -2.06. The van der Waals surface area contributed by atoms with Crippen LogP contribution in [0.25, 0.3) is 11.4 Å². The Labute approximate surface area is 169 Å². The van der Waals surface area contributed by atoms with E-state index in [0.717, 1.165) is 10.0 Å². The number of benzene rings is 2. The maximum Gasteiger partial charge on any atom is 0.325 e. The number of nitrogens with one attached hydrogen (secondary N) is 1. The van der Waals surface area contributed by atoms with Crippen LogP contribution < -0.4 is 10.1 Å². The lowest BCUT2D eigenvalue weighted by atomic mass is 10.2. The lowest BCUT2D eigenvalue weighted by molar-refractivity contribution is -0.144. The van der Waals surface area contributed by atoms with Gasteiger partial charge in [0.2, 0.25) is 5.82 Å². The molecule has 1 heterocycles. The van der Waals surface area contributed by atoms with Crippen molar-refractivity contribution in [3.8, 4) is 17.1 Å². The molecule has 144 valence electrons. The van der Waals surface area contributed by atoms with Gasteiger partial charge in [-0.25, -0.2) is 0 Å². The minimum atomic E-state index is -0.626. The third-order valence-electron chi connectivity index (χ3n) is 3.63. The monoisotopic (exact) mass is 445 g/mol. The molecule has 0 bridgehead atoms. The molecule has 1 aromatic heterocycles. The molecule has 0 saturated carbocycles. The molecular weight excluding hydrogens is 430 g/mol. The number of methoxy groups -OCH3 is 1. The summed E-state index contributed by atoms with van der Waals surface area (Å²) < 4.78 is 16.1. The van der Waals surface area contributed by atoms with Crippen LogP contribution in [0.2, 0.25) is 0 Å². The molecule has 28 heavy (non-hydrogen) atoms. The summed E-state index contributed by atoms with van der Waals surface area (Å²) in [6.07, 6.45) is 0. The van der Waals surface area contributed by atoms with Crippen LogP contribution >= 0.6 is 15.9 Å². The van der Waals surface area contributed by atoms with Crippen molar-refractivity contribution in [1.29, 1.82) is 0 Å². The third-order valence-corrected chi connectivity index (χ3v) is 4.13. The van der Waals surface area contributed by atoms with E-state index in [1.807, 2.05) is 24.3 Å². The minimum Gasteiger partial charge on any atom is -0.497 e. The Kier molecular flexibility index (Phi) is 6.38. The standard InChI is InChI=1S/C19H16BrN3O5/c1-26-15-7-3-5-13(9-15)19(25)21-10-17(24)27-11-16-22-18(23-28-16)12-4-2-6-14(20)8-12/h2-9H,10-11H2,1H3,(H,21,25).